The normalized spacial score (nSPS) is 11.9. The highest BCUT2D eigenvalue weighted by Crippen LogP contribution is 2.41. The van der Waals surface area contributed by atoms with Gasteiger partial charge in [0.2, 0.25) is 0 Å². The van der Waals surface area contributed by atoms with E-state index in [1.807, 2.05) is 35.6 Å². The summed E-state index contributed by atoms with van der Waals surface area (Å²) in [6.45, 7) is 0. The third-order valence-electron chi connectivity index (χ3n) is 11.4. The van der Waals surface area contributed by atoms with Crippen LogP contribution in [0.1, 0.15) is 11.1 Å². The largest absolute Gasteiger partial charge is 0.456 e. The highest BCUT2D eigenvalue weighted by molar-refractivity contribution is 7.25. The van der Waals surface area contributed by atoms with Crippen LogP contribution in [0.5, 0.6) is 0 Å². The summed E-state index contributed by atoms with van der Waals surface area (Å²) in [4.78, 5) is 0. The molecule has 0 fully saturated rings. The molecule has 0 saturated carbocycles. The van der Waals surface area contributed by atoms with Gasteiger partial charge < -0.3 is 13.6 Å². The molecule has 0 atom stereocenters. The number of hydrogen-bond acceptors (Lipinski definition) is 4. The Labute approximate surface area is 323 Å². The van der Waals surface area contributed by atoms with Crippen molar-refractivity contribution < 1.29 is 4.42 Å². The van der Waals surface area contributed by atoms with Gasteiger partial charge in [-0.2, -0.15) is 10.5 Å². The van der Waals surface area contributed by atoms with Gasteiger partial charge in [0.15, 0.2) is 0 Å². The molecule has 12 aromatic rings. The molecule has 12 rings (SSSR count). The van der Waals surface area contributed by atoms with Crippen molar-refractivity contribution in [3.05, 3.63) is 169 Å². The number of nitrogens with zero attached hydrogens (tertiary/aromatic N) is 4. The molecule has 0 aliphatic heterocycles. The van der Waals surface area contributed by atoms with Crippen LogP contribution in [0, 0.1) is 22.7 Å². The van der Waals surface area contributed by atoms with E-state index in [1.54, 1.807) is 0 Å². The van der Waals surface area contributed by atoms with E-state index in [9.17, 15) is 10.5 Å². The zero-order valence-corrected chi connectivity index (χ0v) is 30.4. The number of rotatable bonds is 3. The Morgan fingerprint density at radius 1 is 0.393 bits per heavy atom. The van der Waals surface area contributed by atoms with Crippen LogP contribution < -0.4 is 0 Å². The third-order valence-corrected chi connectivity index (χ3v) is 12.5. The SMILES string of the molecule is N#Cc1ccc2c3ccccc3n(-c3ccc4oc5ccc(-c6ccc7sc8ccc(-n9c%10ccccc%10c%10ccc(C#N)cc%109)cc8c7c6)cc5c4c3)c2c1. The fourth-order valence-corrected chi connectivity index (χ4v) is 9.87. The third kappa shape index (κ3) is 4.33. The number of fused-ring (bicyclic) bond motifs is 12. The molecule has 4 heterocycles. The first-order valence-corrected chi connectivity index (χ1v) is 19.3. The van der Waals surface area contributed by atoms with E-state index in [1.165, 1.54) is 25.6 Å². The molecule has 0 N–H and O–H groups in total. The smallest absolute Gasteiger partial charge is 0.135 e. The van der Waals surface area contributed by atoms with Crippen LogP contribution in [0.2, 0.25) is 0 Å². The van der Waals surface area contributed by atoms with Crippen molar-refractivity contribution in [1.82, 2.24) is 9.13 Å². The van der Waals surface area contributed by atoms with Gasteiger partial charge in [0.25, 0.3) is 0 Å². The van der Waals surface area contributed by atoms with Crippen molar-refractivity contribution in [2.24, 2.45) is 0 Å². The standard InChI is InChI=1S/C50H26N4OS/c51-27-29-9-15-37-35-5-1-3-7-43(35)53(45(37)21-29)33-13-18-48-40(25-33)39-23-31(11-17-47(39)55-48)32-12-19-49-41(24-32)42-26-34(14-20-50(42)56-49)54-44-8-4-2-6-36(44)38-16-10-30(28-52)22-46(38)54/h1-26H. The van der Waals surface area contributed by atoms with E-state index in [-0.39, 0.29) is 0 Å². The molecule has 0 unspecified atom stereocenters. The van der Waals surface area contributed by atoms with Crippen LogP contribution in [0.4, 0.5) is 0 Å². The quantitative estimate of drug-likeness (QED) is 0.182. The summed E-state index contributed by atoms with van der Waals surface area (Å²) in [5.74, 6) is 0. The fourth-order valence-electron chi connectivity index (χ4n) is 8.80. The minimum Gasteiger partial charge on any atom is -0.456 e. The highest BCUT2D eigenvalue weighted by Gasteiger charge is 2.18. The zero-order chi connectivity index (χ0) is 37.1. The Bertz CT molecular complexity index is 3500. The number of aromatic nitrogens is 2. The molecule has 0 aliphatic rings. The molecule has 6 heteroatoms. The average molecular weight is 731 g/mol. The Hall–Kier alpha value is -7.64. The average Bonchev–Trinajstić information content (AvgIpc) is 3.99. The lowest BCUT2D eigenvalue weighted by molar-refractivity contribution is 0.669. The van der Waals surface area contributed by atoms with E-state index in [2.05, 4.69) is 155 Å². The lowest BCUT2D eigenvalue weighted by Gasteiger charge is -2.09. The van der Waals surface area contributed by atoms with Crippen LogP contribution in [0.3, 0.4) is 0 Å². The van der Waals surface area contributed by atoms with Crippen LogP contribution in [0.15, 0.2) is 162 Å². The Morgan fingerprint density at radius 3 is 1.48 bits per heavy atom. The van der Waals surface area contributed by atoms with Gasteiger partial charge in [-0.15, -0.1) is 11.3 Å². The van der Waals surface area contributed by atoms with Crippen molar-refractivity contribution >= 4 is 97.1 Å². The molecule has 8 aromatic carbocycles. The second-order valence-electron chi connectivity index (χ2n) is 14.4. The van der Waals surface area contributed by atoms with Gasteiger partial charge in [0.05, 0.1) is 45.3 Å². The van der Waals surface area contributed by atoms with Gasteiger partial charge in [-0.1, -0.05) is 60.7 Å². The van der Waals surface area contributed by atoms with Crippen molar-refractivity contribution in [3.8, 4) is 34.6 Å². The first kappa shape index (κ1) is 30.8. The van der Waals surface area contributed by atoms with Gasteiger partial charge in [-0.05, 0) is 108 Å². The molecular weight excluding hydrogens is 705 g/mol. The number of benzene rings is 8. The summed E-state index contributed by atoms with van der Waals surface area (Å²) in [6, 6.07) is 59.7. The first-order valence-electron chi connectivity index (χ1n) is 18.4. The minimum absolute atomic E-state index is 0.633. The molecule has 0 amide bonds. The van der Waals surface area contributed by atoms with Crippen LogP contribution in [0.25, 0.3) is 108 Å². The molecule has 0 radical (unpaired) electrons. The minimum atomic E-state index is 0.633. The highest BCUT2D eigenvalue weighted by atomic mass is 32.1. The molecule has 0 spiro atoms. The number of para-hydroxylation sites is 2. The molecule has 4 aromatic heterocycles. The van der Waals surface area contributed by atoms with Crippen molar-refractivity contribution in [3.63, 3.8) is 0 Å². The van der Waals surface area contributed by atoms with Crippen LogP contribution >= 0.6 is 11.3 Å². The fraction of sp³-hybridized carbons (Fsp3) is 0. The lowest BCUT2D eigenvalue weighted by atomic mass is 10.0. The zero-order valence-electron chi connectivity index (χ0n) is 29.6. The Balaban J connectivity index is 1.01. The van der Waals surface area contributed by atoms with Crippen molar-refractivity contribution in [2.75, 3.05) is 0 Å². The van der Waals surface area contributed by atoms with Gasteiger partial charge in [-0.3, -0.25) is 0 Å². The monoisotopic (exact) mass is 730 g/mol. The number of nitriles is 2. The molecule has 0 aliphatic carbocycles. The number of furan rings is 1. The molecule has 5 nitrogen and oxygen atoms in total. The first-order chi connectivity index (χ1) is 27.6. The molecular formula is C50H26N4OS. The van der Waals surface area contributed by atoms with Gasteiger partial charge in [0, 0.05) is 63.9 Å². The summed E-state index contributed by atoms with van der Waals surface area (Å²) >= 11 is 1.81. The number of hydrogen-bond donors (Lipinski definition) is 0. The van der Waals surface area contributed by atoms with Crippen LogP contribution in [-0.2, 0) is 0 Å². The van der Waals surface area contributed by atoms with Gasteiger partial charge in [0.1, 0.15) is 11.2 Å². The Morgan fingerprint density at radius 2 is 0.857 bits per heavy atom. The van der Waals surface area contributed by atoms with Gasteiger partial charge in [-0.25, -0.2) is 0 Å². The second-order valence-corrected chi connectivity index (χ2v) is 15.5. The summed E-state index contributed by atoms with van der Waals surface area (Å²) in [6.07, 6.45) is 0. The topological polar surface area (TPSA) is 70.6 Å². The summed E-state index contributed by atoms with van der Waals surface area (Å²) in [5.41, 5.74) is 11.5. The molecule has 0 bridgehead atoms. The molecule has 0 saturated heterocycles. The van der Waals surface area contributed by atoms with E-state index >= 15 is 0 Å². The van der Waals surface area contributed by atoms with Crippen molar-refractivity contribution in [1.29, 1.82) is 10.5 Å². The van der Waals surface area contributed by atoms with Crippen molar-refractivity contribution in [2.45, 2.75) is 0 Å². The Kier molecular flexibility index (Phi) is 6.28. The number of thiophene rings is 1. The van der Waals surface area contributed by atoms with Crippen LogP contribution in [-0.4, -0.2) is 9.13 Å². The summed E-state index contributed by atoms with van der Waals surface area (Å²) in [5, 5.41) is 28.6. The summed E-state index contributed by atoms with van der Waals surface area (Å²) < 4.78 is 13.4. The maximum Gasteiger partial charge on any atom is 0.135 e. The maximum absolute atomic E-state index is 9.75. The maximum atomic E-state index is 9.75. The second kappa shape index (κ2) is 11.4. The van der Waals surface area contributed by atoms with E-state index in [4.69, 9.17) is 4.42 Å². The van der Waals surface area contributed by atoms with E-state index < -0.39 is 0 Å². The predicted octanol–water partition coefficient (Wildman–Crippen LogP) is 13.6. The molecule has 56 heavy (non-hydrogen) atoms. The molecule has 258 valence electrons. The predicted molar refractivity (Wildman–Crippen MR) is 230 cm³/mol. The lowest BCUT2D eigenvalue weighted by Crippen LogP contribution is -1.93. The van der Waals surface area contributed by atoms with Gasteiger partial charge >= 0.3 is 0 Å². The summed E-state index contributed by atoms with van der Waals surface area (Å²) in [7, 11) is 0. The van der Waals surface area contributed by atoms with E-state index in [0.29, 0.717) is 11.1 Å². The van der Waals surface area contributed by atoms with E-state index in [0.717, 1.165) is 82.7 Å².